The van der Waals surface area contributed by atoms with Crippen LogP contribution in [0.1, 0.15) is 11.3 Å². The van der Waals surface area contributed by atoms with E-state index in [4.69, 9.17) is 5.26 Å². The molecular weight excluding hydrogens is 201 g/mol. The van der Waals surface area contributed by atoms with Gasteiger partial charge in [-0.1, -0.05) is 13.1 Å². The van der Waals surface area contributed by atoms with Crippen molar-refractivity contribution in [2.24, 2.45) is 0 Å². The zero-order valence-electron chi connectivity index (χ0n) is 5.63. The molecule has 0 aliphatic carbocycles. The summed E-state index contributed by atoms with van der Waals surface area (Å²) in [5.74, 6) is 0. The van der Waals surface area contributed by atoms with E-state index in [9.17, 15) is 0 Å². The Bertz CT molecular complexity index is 235. The third kappa shape index (κ3) is 2.55. The molecule has 2 nitrogen and oxygen atoms in total. The Hall–Kier alpha value is -0.256. The van der Waals surface area contributed by atoms with Gasteiger partial charge in [-0.25, -0.2) is 5.26 Å². The van der Waals surface area contributed by atoms with E-state index in [0.717, 1.165) is 5.56 Å². The maximum atomic E-state index is 8.30. The van der Waals surface area contributed by atoms with Crippen molar-refractivity contribution < 1.29 is 32.7 Å². The second kappa shape index (κ2) is 4.54. The van der Waals surface area contributed by atoms with Gasteiger partial charge in [0.1, 0.15) is 0 Å². The Morgan fingerprint density at radius 3 is 2.80 bits per heavy atom. The summed E-state index contributed by atoms with van der Waals surface area (Å²) in [5.41, 5.74) is 1.37. The van der Waals surface area contributed by atoms with Gasteiger partial charge in [0, 0.05) is 38.4 Å². The Kier molecular flexibility index (Phi) is 4.43. The van der Waals surface area contributed by atoms with Gasteiger partial charge in [-0.2, -0.15) is 6.07 Å². The van der Waals surface area contributed by atoms with Crippen LogP contribution in [0.25, 0.3) is 0 Å². The predicted octanol–water partition coefficient (Wildman–Crippen LogP) is 1.06. The van der Waals surface area contributed by atoms with Crippen LogP contribution in [0, 0.1) is 24.3 Å². The molecule has 0 aliphatic heterocycles. The summed E-state index contributed by atoms with van der Waals surface area (Å²) in [5, 5.41) is 8.30. The number of pyridine rings is 1. The van der Waals surface area contributed by atoms with Crippen molar-refractivity contribution in [3.63, 3.8) is 0 Å². The first-order valence-corrected chi connectivity index (χ1v) is 2.57. The number of rotatable bonds is 0. The molecule has 0 amide bonds. The molecule has 1 aromatic heterocycles. The van der Waals surface area contributed by atoms with E-state index in [1.807, 2.05) is 13.0 Å². The van der Waals surface area contributed by atoms with Crippen LogP contribution in [0.3, 0.4) is 0 Å². The van der Waals surface area contributed by atoms with Crippen LogP contribution in [0.5, 0.6) is 0 Å². The zero-order chi connectivity index (χ0) is 6.69. The van der Waals surface area contributed by atoms with Gasteiger partial charge >= 0.3 is 0 Å². The molecule has 0 unspecified atom stereocenters. The minimum atomic E-state index is 0. The average molecular weight is 206 g/mol. The number of nitriles is 1. The van der Waals surface area contributed by atoms with Gasteiger partial charge in [-0.3, -0.25) is 0 Å². The fourth-order valence-electron chi connectivity index (χ4n) is 0.484. The van der Waals surface area contributed by atoms with Crippen molar-refractivity contribution in [3.8, 4) is 6.07 Å². The average Bonchev–Trinajstić information content (AvgIpc) is 1.90. The number of aryl methyl sites for hydroxylation is 1. The van der Waals surface area contributed by atoms with Crippen molar-refractivity contribution in [2.45, 2.75) is 6.92 Å². The van der Waals surface area contributed by atoms with Crippen LogP contribution >= 0.6 is 0 Å². The smallest absolute Gasteiger partial charge is 0.0501 e. The monoisotopic (exact) mass is 206 g/mol. The molecule has 3 heteroatoms. The number of nitrogens with zero attached hydrogens (tertiary/aromatic N) is 2. The summed E-state index contributed by atoms with van der Waals surface area (Å²) in [7, 11) is 0. The predicted molar refractivity (Wildman–Crippen MR) is 32.5 cm³/mol. The van der Waals surface area contributed by atoms with Crippen LogP contribution in [0.2, 0.25) is 0 Å². The molecule has 0 aliphatic rings. The molecule has 1 rings (SSSR count). The number of hydrogen-bond donors (Lipinski definition) is 0. The summed E-state index contributed by atoms with van der Waals surface area (Å²) in [6, 6.07) is 6.36. The third-order valence-corrected chi connectivity index (χ3v) is 0.948. The van der Waals surface area contributed by atoms with Gasteiger partial charge in [0.2, 0.25) is 0 Å². The van der Waals surface area contributed by atoms with E-state index >= 15 is 0 Å². The fraction of sp³-hybridized carbons (Fsp3) is 0.143. The Balaban J connectivity index is 0.000000810. The van der Waals surface area contributed by atoms with Crippen LogP contribution in [0.4, 0.5) is 0 Å². The van der Waals surface area contributed by atoms with Crippen LogP contribution in [-0.2, 0) is 32.7 Å². The van der Waals surface area contributed by atoms with Crippen LogP contribution in [0.15, 0.2) is 12.3 Å². The summed E-state index contributed by atoms with van der Waals surface area (Å²) >= 11 is 0. The third-order valence-electron chi connectivity index (χ3n) is 0.948. The molecule has 0 N–H and O–H groups in total. The Labute approximate surface area is 85.2 Å². The van der Waals surface area contributed by atoms with Gasteiger partial charge in [0.25, 0.3) is 0 Å². The van der Waals surface area contributed by atoms with Crippen LogP contribution in [-0.4, -0.2) is 4.98 Å². The maximum Gasteiger partial charge on any atom is 0.0501 e. The summed E-state index contributed by atoms with van der Waals surface area (Å²) in [6.07, 6.45) is 1.62. The van der Waals surface area contributed by atoms with Gasteiger partial charge in [-0.15, -0.1) is 11.6 Å². The maximum absolute atomic E-state index is 8.30. The van der Waals surface area contributed by atoms with E-state index in [-0.39, 0.29) is 32.7 Å². The molecule has 0 aromatic carbocycles. The normalized spacial score (nSPS) is 7.60. The molecule has 0 saturated carbocycles. The topological polar surface area (TPSA) is 36.7 Å². The molecule has 0 spiro atoms. The van der Waals surface area contributed by atoms with Crippen molar-refractivity contribution in [1.29, 1.82) is 5.26 Å². The molecule has 0 saturated heterocycles. The van der Waals surface area contributed by atoms with Crippen LogP contribution < -0.4 is 0 Å². The van der Waals surface area contributed by atoms with E-state index in [2.05, 4.69) is 11.1 Å². The standard InChI is InChI=1S/C7H5N2.Y/c1-6-2-3-7(4-8)9-5-6;/h3,5H,1H3;/q-1;. The van der Waals surface area contributed by atoms with Gasteiger partial charge in [0.15, 0.2) is 0 Å². The van der Waals surface area contributed by atoms with Crippen molar-refractivity contribution in [1.82, 2.24) is 4.98 Å². The summed E-state index contributed by atoms with van der Waals surface area (Å²) in [6.45, 7) is 1.88. The first-order valence-electron chi connectivity index (χ1n) is 2.57. The van der Waals surface area contributed by atoms with Gasteiger partial charge < -0.3 is 4.98 Å². The summed E-state index contributed by atoms with van der Waals surface area (Å²) in [4.78, 5) is 3.80. The molecule has 1 aromatic rings. The molecule has 10 heavy (non-hydrogen) atoms. The van der Waals surface area contributed by atoms with E-state index < -0.39 is 0 Å². The number of hydrogen-bond acceptors (Lipinski definition) is 2. The fourth-order valence-corrected chi connectivity index (χ4v) is 0.484. The van der Waals surface area contributed by atoms with E-state index in [1.54, 1.807) is 12.3 Å². The molecule has 0 atom stereocenters. The molecular formula is C7H5N2Y-. The second-order valence-electron chi connectivity index (χ2n) is 1.73. The van der Waals surface area contributed by atoms with Crippen molar-refractivity contribution >= 4 is 0 Å². The number of aromatic nitrogens is 1. The Morgan fingerprint density at radius 1 is 1.70 bits per heavy atom. The van der Waals surface area contributed by atoms with E-state index in [0.29, 0.717) is 5.69 Å². The molecule has 0 fully saturated rings. The van der Waals surface area contributed by atoms with Gasteiger partial charge in [-0.05, 0) is 0 Å². The Morgan fingerprint density at radius 2 is 2.40 bits per heavy atom. The zero-order valence-corrected chi connectivity index (χ0v) is 8.46. The van der Waals surface area contributed by atoms with E-state index in [1.165, 1.54) is 0 Å². The molecule has 47 valence electrons. The van der Waals surface area contributed by atoms with Crippen molar-refractivity contribution in [2.75, 3.05) is 0 Å². The molecule has 0 bridgehead atoms. The second-order valence-corrected chi connectivity index (χ2v) is 1.73. The minimum Gasteiger partial charge on any atom is -0.373 e. The molecule has 1 heterocycles. The first-order chi connectivity index (χ1) is 4.33. The summed E-state index contributed by atoms with van der Waals surface area (Å²) < 4.78 is 0. The van der Waals surface area contributed by atoms with Gasteiger partial charge in [0.05, 0.1) is 6.07 Å². The first kappa shape index (κ1) is 9.74. The SMILES string of the molecule is Cc1[c-]cc(C#N)nc1.[Y]. The van der Waals surface area contributed by atoms with Crippen molar-refractivity contribution in [3.05, 3.63) is 29.6 Å². The molecule has 1 radical (unpaired) electrons. The minimum absolute atomic E-state index is 0. The largest absolute Gasteiger partial charge is 0.373 e. The quantitative estimate of drug-likeness (QED) is 0.595.